The van der Waals surface area contributed by atoms with Crippen LogP contribution in [0.25, 0.3) is 6.20 Å². The van der Waals surface area contributed by atoms with Crippen molar-refractivity contribution in [2.75, 3.05) is 11.9 Å². The van der Waals surface area contributed by atoms with Crippen LogP contribution in [0.5, 0.6) is 0 Å². The molecule has 0 amide bonds. The normalized spacial score (nSPS) is 18.1. The summed E-state index contributed by atoms with van der Waals surface area (Å²) in [6.07, 6.45) is 4.89. The van der Waals surface area contributed by atoms with Crippen LogP contribution in [0, 0.1) is 0 Å². The van der Waals surface area contributed by atoms with E-state index in [1.165, 1.54) is 6.20 Å². The Kier molecular flexibility index (Phi) is 2.64. The van der Waals surface area contributed by atoms with Crippen LogP contribution in [0.1, 0.15) is 17.3 Å². The number of hydrogen-bond acceptors (Lipinski definition) is 4. The number of esters is 1. The lowest BCUT2D eigenvalue weighted by molar-refractivity contribution is 0.0527. The molecule has 2 heterocycles. The lowest BCUT2D eigenvalue weighted by Gasteiger charge is -2.15. The van der Waals surface area contributed by atoms with Crippen molar-refractivity contribution < 1.29 is 9.53 Å². The average Bonchev–Trinajstić information content (AvgIpc) is 2.60. The third-order valence-corrected chi connectivity index (χ3v) is 2.22. The molecule has 0 bridgehead atoms. The molecule has 6 heteroatoms. The van der Waals surface area contributed by atoms with Gasteiger partial charge in [0.2, 0.25) is 0 Å². The van der Waals surface area contributed by atoms with E-state index in [9.17, 15) is 4.79 Å². The van der Waals surface area contributed by atoms with Gasteiger partial charge in [-0.2, -0.15) is 5.10 Å². The van der Waals surface area contributed by atoms with Crippen molar-refractivity contribution in [1.29, 1.82) is 0 Å². The number of carbonyl (C=O) groups is 1. The molecule has 2 rings (SSSR count). The molecule has 80 valence electrons. The summed E-state index contributed by atoms with van der Waals surface area (Å²) < 4.78 is 6.43. The fourth-order valence-electron chi connectivity index (χ4n) is 1.31. The number of alkyl halides is 1. The smallest absolute Gasteiger partial charge is 0.343 e. The van der Waals surface area contributed by atoms with Crippen molar-refractivity contribution in [3.8, 4) is 0 Å². The summed E-state index contributed by atoms with van der Waals surface area (Å²) in [5.41, 5.74) is 0.0641. The summed E-state index contributed by atoms with van der Waals surface area (Å²) in [5, 5.41) is 6.93. The minimum Gasteiger partial charge on any atom is -0.462 e. The minimum absolute atomic E-state index is 0.331. The topological polar surface area (TPSA) is 56.1 Å². The van der Waals surface area contributed by atoms with E-state index in [1.807, 2.05) is 0 Å². The molecular weight excluding hydrogens is 218 g/mol. The molecule has 0 fully saturated rings. The second-order valence-electron chi connectivity index (χ2n) is 2.96. The van der Waals surface area contributed by atoms with Crippen LogP contribution in [0.3, 0.4) is 0 Å². The van der Waals surface area contributed by atoms with Crippen LogP contribution in [0.4, 0.5) is 5.82 Å². The highest BCUT2D eigenvalue weighted by molar-refractivity contribution is 6.23. The molecule has 0 spiro atoms. The molecule has 1 N–H and O–H groups in total. The zero-order valence-corrected chi connectivity index (χ0v) is 8.86. The van der Waals surface area contributed by atoms with Gasteiger partial charge in [-0.25, -0.2) is 9.48 Å². The first-order valence-corrected chi connectivity index (χ1v) is 4.99. The number of rotatable bonds is 2. The second kappa shape index (κ2) is 3.94. The zero-order valence-electron chi connectivity index (χ0n) is 8.11. The first-order chi connectivity index (χ1) is 7.22. The maximum atomic E-state index is 11.5. The molecule has 0 aromatic carbocycles. The van der Waals surface area contributed by atoms with E-state index in [4.69, 9.17) is 16.3 Å². The van der Waals surface area contributed by atoms with Gasteiger partial charge in [-0.3, -0.25) is 0 Å². The number of hydrogen-bond donors (Lipinski definition) is 1. The maximum Gasteiger partial charge on any atom is 0.343 e. The number of fused-ring (bicyclic) bond motifs is 1. The molecule has 0 aliphatic carbocycles. The Bertz CT molecular complexity index is 413. The van der Waals surface area contributed by atoms with E-state index in [-0.39, 0.29) is 5.50 Å². The van der Waals surface area contributed by atoms with E-state index in [2.05, 4.69) is 10.4 Å². The molecule has 1 aliphatic heterocycles. The number of nitrogens with one attached hydrogen (secondary N) is 1. The lowest BCUT2D eigenvalue weighted by atomic mass is 10.3. The maximum absolute atomic E-state index is 11.5. The largest absolute Gasteiger partial charge is 0.462 e. The van der Waals surface area contributed by atoms with Crippen LogP contribution in [0.15, 0.2) is 12.3 Å². The highest BCUT2D eigenvalue weighted by Gasteiger charge is 2.21. The molecule has 0 saturated carbocycles. The zero-order chi connectivity index (χ0) is 10.8. The number of ether oxygens (including phenoxy) is 1. The lowest BCUT2D eigenvalue weighted by Crippen LogP contribution is -2.19. The van der Waals surface area contributed by atoms with Crippen molar-refractivity contribution in [2.24, 2.45) is 0 Å². The van der Waals surface area contributed by atoms with Gasteiger partial charge in [0.15, 0.2) is 0 Å². The third kappa shape index (κ3) is 1.83. The van der Waals surface area contributed by atoms with Crippen LogP contribution in [-0.4, -0.2) is 27.9 Å². The molecule has 0 saturated heterocycles. The Hall–Kier alpha value is -1.49. The summed E-state index contributed by atoms with van der Waals surface area (Å²) >= 11 is 5.86. The van der Waals surface area contributed by atoms with E-state index in [1.54, 1.807) is 23.9 Å². The summed E-state index contributed by atoms with van der Waals surface area (Å²) in [6.45, 7) is 2.09. The molecule has 1 aromatic heterocycles. The van der Waals surface area contributed by atoms with Gasteiger partial charge < -0.3 is 10.1 Å². The minimum atomic E-state index is -0.398. The van der Waals surface area contributed by atoms with Crippen LogP contribution in [-0.2, 0) is 4.74 Å². The molecule has 1 unspecified atom stereocenters. The number of nitrogens with zero attached hydrogens (tertiary/aromatic N) is 2. The first-order valence-electron chi connectivity index (χ1n) is 4.56. The molecule has 5 nitrogen and oxygen atoms in total. The Morgan fingerprint density at radius 3 is 3.33 bits per heavy atom. The van der Waals surface area contributed by atoms with Crippen molar-refractivity contribution in [3.63, 3.8) is 0 Å². The number of anilines is 1. The van der Waals surface area contributed by atoms with Gasteiger partial charge in [-0.1, -0.05) is 11.6 Å². The van der Waals surface area contributed by atoms with Crippen molar-refractivity contribution in [1.82, 2.24) is 9.78 Å². The summed E-state index contributed by atoms with van der Waals surface area (Å²) in [4.78, 5) is 11.5. The van der Waals surface area contributed by atoms with Crippen LogP contribution >= 0.6 is 11.6 Å². The SMILES string of the molecule is CCOC(=O)c1cnn2c1NC(Cl)C=C2. The summed E-state index contributed by atoms with van der Waals surface area (Å²) in [6, 6.07) is 0. The Morgan fingerprint density at radius 2 is 2.60 bits per heavy atom. The monoisotopic (exact) mass is 227 g/mol. The van der Waals surface area contributed by atoms with Gasteiger partial charge in [0.25, 0.3) is 0 Å². The van der Waals surface area contributed by atoms with E-state index < -0.39 is 5.97 Å². The fourth-order valence-corrected chi connectivity index (χ4v) is 1.48. The number of halogens is 1. The number of aromatic nitrogens is 2. The summed E-state index contributed by atoms with van der Waals surface area (Å²) in [7, 11) is 0. The van der Waals surface area contributed by atoms with Crippen molar-refractivity contribution in [3.05, 3.63) is 17.8 Å². The van der Waals surface area contributed by atoms with Crippen LogP contribution < -0.4 is 5.32 Å². The fraction of sp³-hybridized carbons (Fsp3) is 0.333. The second-order valence-corrected chi connectivity index (χ2v) is 3.43. The van der Waals surface area contributed by atoms with E-state index in [0.29, 0.717) is 18.0 Å². The van der Waals surface area contributed by atoms with Crippen molar-refractivity contribution >= 4 is 29.6 Å². The van der Waals surface area contributed by atoms with E-state index >= 15 is 0 Å². The quantitative estimate of drug-likeness (QED) is 0.473. The average molecular weight is 228 g/mol. The molecule has 1 aromatic rings. The highest BCUT2D eigenvalue weighted by atomic mass is 35.5. The predicted molar refractivity (Wildman–Crippen MR) is 56.8 cm³/mol. The Labute approximate surface area is 91.7 Å². The van der Waals surface area contributed by atoms with Gasteiger partial charge in [0.1, 0.15) is 16.9 Å². The van der Waals surface area contributed by atoms with Gasteiger partial charge in [-0.05, 0) is 13.0 Å². The van der Waals surface area contributed by atoms with Gasteiger partial charge >= 0.3 is 5.97 Å². The molecule has 1 atom stereocenters. The molecule has 15 heavy (non-hydrogen) atoms. The predicted octanol–water partition coefficient (Wildman–Crippen LogP) is 1.52. The highest BCUT2D eigenvalue weighted by Crippen LogP contribution is 2.22. The summed E-state index contributed by atoms with van der Waals surface area (Å²) in [5.74, 6) is 0.168. The Morgan fingerprint density at radius 1 is 1.80 bits per heavy atom. The van der Waals surface area contributed by atoms with Crippen LogP contribution in [0.2, 0.25) is 0 Å². The molecular formula is C9H10ClN3O2. The van der Waals surface area contributed by atoms with Gasteiger partial charge in [0.05, 0.1) is 12.8 Å². The first kappa shape index (κ1) is 10.0. The number of carbonyl (C=O) groups excluding carboxylic acids is 1. The van der Waals surface area contributed by atoms with Gasteiger partial charge in [-0.15, -0.1) is 0 Å². The van der Waals surface area contributed by atoms with Gasteiger partial charge in [0, 0.05) is 6.20 Å². The molecule has 1 aliphatic rings. The van der Waals surface area contributed by atoms with Crippen molar-refractivity contribution in [2.45, 2.75) is 12.4 Å². The standard InChI is InChI=1S/C9H10ClN3O2/c1-2-15-9(14)6-5-11-13-4-3-7(10)12-8(6)13/h3-5,7,12H,2H2,1H3. The Balaban J connectivity index is 2.31. The van der Waals surface area contributed by atoms with E-state index in [0.717, 1.165) is 0 Å². The molecule has 0 radical (unpaired) electrons. The third-order valence-electron chi connectivity index (χ3n) is 1.96.